The van der Waals surface area contributed by atoms with E-state index in [-0.39, 0.29) is 12.1 Å². The van der Waals surface area contributed by atoms with Gasteiger partial charge < -0.3 is 19.9 Å². The second kappa shape index (κ2) is 7.98. The van der Waals surface area contributed by atoms with Gasteiger partial charge in [0.05, 0.1) is 6.54 Å². The van der Waals surface area contributed by atoms with E-state index in [1.165, 1.54) is 0 Å². The number of benzene rings is 2. The molecule has 0 aromatic heterocycles. The van der Waals surface area contributed by atoms with Crippen LogP contribution in [0.2, 0.25) is 5.02 Å². The van der Waals surface area contributed by atoms with Gasteiger partial charge in [-0.25, -0.2) is 9.59 Å². The van der Waals surface area contributed by atoms with Crippen LogP contribution in [-0.4, -0.2) is 56.4 Å². The molecule has 146 valence electrons. The van der Waals surface area contributed by atoms with Crippen LogP contribution in [-0.2, 0) is 4.74 Å². The molecule has 7 nitrogen and oxygen atoms in total. The minimum Gasteiger partial charge on any atom is -0.447 e. The zero-order chi connectivity index (χ0) is 19.5. The van der Waals surface area contributed by atoms with Crippen molar-refractivity contribution >= 4 is 40.8 Å². The zero-order valence-electron chi connectivity index (χ0n) is 15.3. The van der Waals surface area contributed by atoms with Gasteiger partial charge in [-0.3, -0.25) is 4.90 Å². The maximum absolute atomic E-state index is 12.5. The average Bonchev–Trinajstić information content (AvgIpc) is 3.14. The topological polar surface area (TPSA) is 65.1 Å². The van der Waals surface area contributed by atoms with Crippen molar-refractivity contribution in [1.82, 2.24) is 4.90 Å². The van der Waals surface area contributed by atoms with E-state index >= 15 is 0 Å². The first-order chi connectivity index (χ1) is 13.6. The summed E-state index contributed by atoms with van der Waals surface area (Å²) in [4.78, 5) is 29.7. The summed E-state index contributed by atoms with van der Waals surface area (Å²) in [5.74, 6) is 0. The number of piperazine rings is 1. The third-order valence-corrected chi connectivity index (χ3v) is 5.17. The number of cyclic esters (lactones) is 1. The van der Waals surface area contributed by atoms with Crippen molar-refractivity contribution in [2.45, 2.75) is 0 Å². The van der Waals surface area contributed by atoms with Crippen LogP contribution in [0.15, 0.2) is 48.5 Å². The number of hydrogen-bond acceptors (Lipinski definition) is 4. The van der Waals surface area contributed by atoms with Crippen LogP contribution in [0.25, 0.3) is 0 Å². The summed E-state index contributed by atoms with van der Waals surface area (Å²) in [6.07, 6.45) is -0.339. The van der Waals surface area contributed by atoms with Gasteiger partial charge in [0.25, 0.3) is 0 Å². The fraction of sp³-hybridized carbons (Fsp3) is 0.300. The number of hydrogen-bond donors (Lipinski definition) is 1. The Morgan fingerprint density at radius 1 is 0.964 bits per heavy atom. The molecule has 28 heavy (non-hydrogen) atoms. The summed E-state index contributed by atoms with van der Waals surface area (Å²) in [7, 11) is 0. The molecule has 2 fully saturated rings. The average molecular weight is 401 g/mol. The highest BCUT2D eigenvalue weighted by Crippen LogP contribution is 2.23. The number of rotatable bonds is 3. The minimum atomic E-state index is -0.339. The number of carbonyl (C=O) groups excluding carboxylic acids is 2. The number of amides is 3. The first-order valence-corrected chi connectivity index (χ1v) is 9.59. The number of ether oxygens (including phenoxy) is 1. The van der Waals surface area contributed by atoms with Crippen LogP contribution in [0.4, 0.5) is 26.7 Å². The van der Waals surface area contributed by atoms with E-state index in [4.69, 9.17) is 16.3 Å². The Morgan fingerprint density at radius 2 is 1.71 bits per heavy atom. The summed E-state index contributed by atoms with van der Waals surface area (Å²) in [5, 5.41) is 3.63. The van der Waals surface area contributed by atoms with Crippen molar-refractivity contribution in [2.24, 2.45) is 0 Å². The number of carbonyl (C=O) groups is 2. The van der Waals surface area contributed by atoms with E-state index in [1.54, 1.807) is 34.1 Å². The summed E-state index contributed by atoms with van der Waals surface area (Å²) in [6.45, 7) is 3.72. The molecule has 3 amide bonds. The van der Waals surface area contributed by atoms with E-state index < -0.39 is 0 Å². The Labute approximate surface area is 168 Å². The quantitative estimate of drug-likeness (QED) is 0.854. The Balaban J connectivity index is 1.31. The Hall–Kier alpha value is -2.93. The molecule has 2 aliphatic rings. The molecule has 2 aromatic rings. The monoisotopic (exact) mass is 400 g/mol. The minimum absolute atomic E-state index is 0.126. The Morgan fingerprint density at radius 3 is 2.36 bits per heavy atom. The van der Waals surface area contributed by atoms with Crippen molar-refractivity contribution < 1.29 is 14.3 Å². The maximum Gasteiger partial charge on any atom is 0.414 e. The fourth-order valence-electron chi connectivity index (χ4n) is 3.40. The first kappa shape index (κ1) is 18.4. The van der Waals surface area contributed by atoms with Crippen LogP contribution in [0.1, 0.15) is 0 Å². The molecule has 4 rings (SSSR count). The van der Waals surface area contributed by atoms with Gasteiger partial charge in [-0.2, -0.15) is 0 Å². The summed E-state index contributed by atoms with van der Waals surface area (Å²) < 4.78 is 4.94. The van der Waals surface area contributed by atoms with Gasteiger partial charge in [0, 0.05) is 48.3 Å². The highest BCUT2D eigenvalue weighted by atomic mass is 35.5. The molecule has 8 heteroatoms. The maximum atomic E-state index is 12.5. The van der Waals surface area contributed by atoms with Crippen molar-refractivity contribution in [1.29, 1.82) is 0 Å². The molecular formula is C20H21ClN4O3. The van der Waals surface area contributed by atoms with E-state index in [1.807, 2.05) is 24.3 Å². The molecular weight excluding hydrogens is 380 g/mol. The highest BCUT2D eigenvalue weighted by Gasteiger charge is 2.24. The van der Waals surface area contributed by atoms with E-state index in [9.17, 15) is 9.59 Å². The molecule has 2 aliphatic heterocycles. The van der Waals surface area contributed by atoms with Gasteiger partial charge >= 0.3 is 12.1 Å². The van der Waals surface area contributed by atoms with Crippen molar-refractivity contribution in [3.05, 3.63) is 53.6 Å². The molecule has 0 saturated carbocycles. The molecule has 0 spiro atoms. The second-order valence-electron chi connectivity index (χ2n) is 6.70. The second-order valence-corrected chi connectivity index (χ2v) is 7.13. The molecule has 0 bridgehead atoms. The Kier molecular flexibility index (Phi) is 5.25. The van der Waals surface area contributed by atoms with Gasteiger partial charge in [0.1, 0.15) is 6.61 Å². The van der Waals surface area contributed by atoms with E-state index in [2.05, 4.69) is 10.2 Å². The summed E-state index contributed by atoms with van der Waals surface area (Å²) >= 11 is 6.06. The summed E-state index contributed by atoms with van der Waals surface area (Å²) in [6, 6.07) is 14.8. The predicted molar refractivity (Wildman–Crippen MR) is 109 cm³/mol. The fourth-order valence-corrected chi connectivity index (χ4v) is 3.58. The lowest BCUT2D eigenvalue weighted by molar-refractivity contribution is 0.181. The number of anilines is 3. The molecule has 0 atom stereocenters. The van der Waals surface area contributed by atoms with Gasteiger partial charge in [-0.15, -0.1) is 0 Å². The van der Waals surface area contributed by atoms with Crippen molar-refractivity contribution in [2.75, 3.05) is 54.4 Å². The van der Waals surface area contributed by atoms with E-state index in [0.717, 1.165) is 24.5 Å². The van der Waals surface area contributed by atoms with Gasteiger partial charge in [-0.05, 0) is 42.5 Å². The van der Waals surface area contributed by atoms with Gasteiger partial charge in [0.15, 0.2) is 0 Å². The van der Waals surface area contributed by atoms with Crippen molar-refractivity contribution in [3.63, 3.8) is 0 Å². The van der Waals surface area contributed by atoms with Gasteiger partial charge in [-0.1, -0.05) is 17.7 Å². The van der Waals surface area contributed by atoms with Crippen LogP contribution >= 0.6 is 11.6 Å². The van der Waals surface area contributed by atoms with Crippen molar-refractivity contribution in [3.8, 4) is 0 Å². The zero-order valence-corrected chi connectivity index (χ0v) is 16.1. The SMILES string of the molecule is O=C(Nc1ccc(N2CCOC2=O)cc1)N1CCN(c2cccc(Cl)c2)CC1. The molecule has 1 N–H and O–H groups in total. The largest absolute Gasteiger partial charge is 0.447 e. The molecule has 2 saturated heterocycles. The number of nitrogens with one attached hydrogen (secondary N) is 1. The molecule has 0 unspecified atom stereocenters. The normalized spacial score (nSPS) is 16.9. The molecule has 0 aliphatic carbocycles. The van der Waals surface area contributed by atoms with Gasteiger partial charge in [0.2, 0.25) is 0 Å². The molecule has 0 radical (unpaired) electrons. The lowest BCUT2D eigenvalue weighted by Gasteiger charge is -2.36. The highest BCUT2D eigenvalue weighted by molar-refractivity contribution is 6.30. The predicted octanol–water partition coefficient (Wildman–Crippen LogP) is 3.65. The number of urea groups is 1. The lowest BCUT2D eigenvalue weighted by atomic mass is 10.2. The lowest BCUT2D eigenvalue weighted by Crippen LogP contribution is -2.50. The molecule has 2 aromatic carbocycles. The standard InChI is InChI=1S/C20H21ClN4O3/c21-15-2-1-3-18(14-15)23-8-10-24(11-9-23)19(26)22-16-4-6-17(7-5-16)25-12-13-28-20(25)27/h1-7,14H,8-13H2,(H,22,26). The third-order valence-electron chi connectivity index (χ3n) is 4.93. The summed E-state index contributed by atoms with van der Waals surface area (Å²) in [5.41, 5.74) is 2.53. The Bertz CT molecular complexity index is 866. The smallest absolute Gasteiger partial charge is 0.414 e. The number of nitrogens with zero attached hydrogens (tertiary/aromatic N) is 3. The molecule has 2 heterocycles. The van der Waals surface area contributed by atoms with Crippen LogP contribution < -0.4 is 15.1 Å². The first-order valence-electron chi connectivity index (χ1n) is 9.21. The van der Waals surface area contributed by atoms with Crippen LogP contribution in [0.3, 0.4) is 0 Å². The third kappa shape index (κ3) is 3.99. The van der Waals surface area contributed by atoms with Crippen LogP contribution in [0, 0.1) is 0 Å². The van der Waals surface area contributed by atoms with E-state index in [0.29, 0.717) is 37.0 Å². The number of halogens is 1. The van der Waals surface area contributed by atoms with Crippen LogP contribution in [0.5, 0.6) is 0 Å².